The molecule has 0 saturated heterocycles. The second kappa shape index (κ2) is 6.93. The van der Waals surface area contributed by atoms with Gasteiger partial charge >= 0.3 is 0 Å². The fourth-order valence-corrected chi connectivity index (χ4v) is 1.83. The van der Waals surface area contributed by atoms with E-state index in [1.165, 1.54) is 11.8 Å². The van der Waals surface area contributed by atoms with Crippen molar-refractivity contribution in [3.8, 4) is 5.75 Å². The van der Waals surface area contributed by atoms with Gasteiger partial charge in [0.15, 0.2) is 6.61 Å². The molecule has 0 unspecified atom stereocenters. The van der Waals surface area contributed by atoms with Gasteiger partial charge in [-0.2, -0.15) is 5.10 Å². The molecular weight excluding hydrogens is 278 g/mol. The lowest BCUT2D eigenvalue weighted by atomic mass is 9.87. The first-order valence-electron chi connectivity index (χ1n) is 7.14. The minimum Gasteiger partial charge on any atom is -0.484 e. The summed E-state index contributed by atoms with van der Waals surface area (Å²) in [6.07, 6.45) is 3.32. The lowest BCUT2D eigenvalue weighted by molar-refractivity contribution is -0.123. The number of hydrogen-bond acceptors (Lipinski definition) is 3. The third kappa shape index (κ3) is 4.77. The van der Waals surface area contributed by atoms with E-state index in [4.69, 9.17) is 4.74 Å². The third-order valence-electron chi connectivity index (χ3n) is 3.11. The summed E-state index contributed by atoms with van der Waals surface area (Å²) >= 11 is 0. The number of ether oxygens (including phenoxy) is 1. The molecule has 22 heavy (non-hydrogen) atoms. The smallest absolute Gasteiger partial charge is 0.277 e. The van der Waals surface area contributed by atoms with Crippen molar-refractivity contribution in [2.75, 3.05) is 6.61 Å². The number of benzene rings is 1. The van der Waals surface area contributed by atoms with Crippen molar-refractivity contribution in [3.05, 3.63) is 53.9 Å². The van der Waals surface area contributed by atoms with Crippen LogP contribution in [-0.4, -0.2) is 23.7 Å². The Morgan fingerprint density at radius 1 is 1.27 bits per heavy atom. The number of amides is 1. The van der Waals surface area contributed by atoms with Crippen LogP contribution in [0.4, 0.5) is 0 Å². The summed E-state index contributed by atoms with van der Waals surface area (Å²) < 4.78 is 5.43. The van der Waals surface area contributed by atoms with Gasteiger partial charge in [0.25, 0.3) is 5.91 Å². The van der Waals surface area contributed by atoms with Gasteiger partial charge in [-0.1, -0.05) is 32.9 Å². The van der Waals surface area contributed by atoms with Crippen LogP contribution in [0.5, 0.6) is 5.75 Å². The fraction of sp³-hybridized carbons (Fsp3) is 0.294. The fourth-order valence-electron chi connectivity index (χ4n) is 1.83. The van der Waals surface area contributed by atoms with Crippen molar-refractivity contribution in [1.29, 1.82) is 0 Å². The highest BCUT2D eigenvalue weighted by atomic mass is 16.5. The number of hydrazone groups is 1. The van der Waals surface area contributed by atoms with Crippen LogP contribution in [0, 0.1) is 0 Å². The first kappa shape index (κ1) is 15.8. The molecule has 5 nitrogen and oxygen atoms in total. The number of nitrogens with one attached hydrogen (secondary N) is 2. The van der Waals surface area contributed by atoms with Crippen molar-refractivity contribution in [2.24, 2.45) is 5.10 Å². The Hall–Kier alpha value is -2.56. The van der Waals surface area contributed by atoms with Crippen LogP contribution in [0.25, 0.3) is 0 Å². The normalized spacial score (nSPS) is 11.6. The van der Waals surface area contributed by atoms with Gasteiger partial charge in [0, 0.05) is 6.20 Å². The molecular formula is C17H21N3O2. The first-order valence-corrected chi connectivity index (χ1v) is 7.14. The van der Waals surface area contributed by atoms with E-state index in [2.05, 4.69) is 36.3 Å². The van der Waals surface area contributed by atoms with E-state index in [-0.39, 0.29) is 17.9 Å². The zero-order valence-electron chi connectivity index (χ0n) is 13.1. The number of carbonyl (C=O) groups excluding carboxylic acids is 1. The van der Waals surface area contributed by atoms with Gasteiger partial charge in [0.1, 0.15) is 5.75 Å². The molecule has 0 aliphatic heterocycles. The molecule has 0 atom stereocenters. The van der Waals surface area contributed by atoms with E-state index in [0.717, 1.165) is 5.69 Å². The molecule has 1 amide bonds. The van der Waals surface area contributed by atoms with Crippen LogP contribution in [0.2, 0.25) is 0 Å². The van der Waals surface area contributed by atoms with Crippen molar-refractivity contribution in [2.45, 2.75) is 26.2 Å². The Morgan fingerprint density at radius 2 is 2.00 bits per heavy atom. The number of aromatic amines is 1. The predicted molar refractivity (Wildman–Crippen MR) is 87.2 cm³/mol. The molecule has 0 radical (unpaired) electrons. The van der Waals surface area contributed by atoms with E-state index < -0.39 is 0 Å². The summed E-state index contributed by atoms with van der Waals surface area (Å²) in [5, 5.41) is 3.84. The number of hydrogen-bond donors (Lipinski definition) is 2. The Kier molecular flexibility index (Phi) is 4.99. The molecule has 1 aromatic carbocycles. The summed E-state index contributed by atoms with van der Waals surface area (Å²) in [5.74, 6) is 0.360. The molecule has 0 spiro atoms. The van der Waals surface area contributed by atoms with Crippen LogP contribution in [0.1, 0.15) is 32.0 Å². The summed E-state index contributed by atoms with van der Waals surface area (Å²) in [6.45, 7) is 6.38. The van der Waals surface area contributed by atoms with Crippen molar-refractivity contribution < 1.29 is 9.53 Å². The molecule has 0 aliphatic carbocycles. The highest BCUT2D eigenvalue weighted by Crippen LogP contribution is 2.24. The van der Waals surface area contributed by atoms with Crippen molar-refractivity contribution in [3.63, 3.8) is 0 Å². The molecule has 116 valence electrons. The average molecular weight is 299 g/mol. The molecule has 5 heteroatoms. The molecule has 0 aliphatic rings. The predicted octanol–water partition coefficient (Wildman–Crippen LogP) is 2.84. The quantitative estimate of drug-likeness (QED) is 0.658. The van der Waals surface area contributed by atoms with E-state index >= 15 is 0 Å². The lowest BCUT2D eigenvalue weighted by Gasteiger charge is -2.19. The van der Waals surface area contributed by atoms with Gasteiger partial charge < -0.3 is 9.72 Å². The van der Waals surface area contributed by atoms with Crippen LogP contribution >= 0.6 is 0 Å². The lowest BCUT2D eigenvalue weighted by Crippen LogP contribution is -2.24. The number of carbonyl (C=O) groups is 1. The van der Waals surface area contributed by atoms with Gasteiger partial charge in [-0.3, -0.25) is 4.79 Å². The van der Waals surface area contributed by atoms with Gasteiger partial charge in [-0.25, -0.2) is 5.43 Å². The Morgan fingerprint density at radius 3 is 2.59 bits per heavy atom. The summed E-state index contributed by atoms with van der Waals surface area (Å²) in [4.78, 5) is 14.6. The number of aromatic nitrogens is 1. The minimum atomic E-state index is -0.303. The summed E-state index contributed by atoms with van der Waals surface area (Å²) in [6, 6.07) is 11.5. The molecule has 0 saturated carbocycles. The minimum absolute atomic E-state index is 0.0725. The van der Waals surface area contributed by atoms with E-state index in [1.54, 1.807) is 6.20 Å². The number of nitrogens with zero attached hydrogens (tertiary/aromatic N) is 1. The molecule has 0 bridgehead atoms. The molecule has 0 fully saturated rings. The summed E-state index contributed by atoms with van der Waals surface area (Å²) in [5.41, 5.74) is 4.55. The topological polar surface area (TPSA) is 66.5 Å². The standard InChI is InChI=1S/C17H21N3O2/c1-17(2,3)13-6-8-15(9-7-13)22-12-16(21)20-19-11-14-5-4-10-18-14/h4-11,18H,12H2,1-3H3,(H,20,21). The maximum absolute atomic E-state index is 11.6. The van der Waals surface area contributed by atoms with Gasteiger partial charge in [-0.15, -0.1) is 0 Å². The zero-order chi connectivity index (χ0) is 16.0. The maximum Gasteiger partial charge on any atom is 0.277 e. The van der Waals surface area contributed by atoms with Crippen LogP contribution in [0.15, 0.2) is 47.7 Å². The average Bonchev–Trinajstić information content (AvgIpc) is 2.98. The van der Waals surface area contributed by atoms with Crippen LogP contribution in [-0.2, 0) is 10.2 Å². The van der Waals surface area contributed by atoms with Crippen LogP contribution in [0.3, 0.4) is 0 Å². The number of rotatable bonds is 5. The Bertz CT molecular complexity index is 623. The first-order chi connectivity index (χ1) is 10.4. The number of H-pyrrole nitrogens is 1. The van der Waals surface area contributed by atoms with Crippen molar-refractivity contribution >= 4 is 12.1 Å². The Balaban J connectivity index is 1.78. The van der Waals surface area contributed by atoms with Gasteiger partial charge in [0.05, 0.1) is 11.9 Å². The highest BCUT2D eigenvalue weighted by Gasteiger charge is 2.13. The largest absolute Gasteiger partial charge is 0.484 e. The maximum atomic E-state index is 11.6. The Labute approximate surface area is 130 Å². The van der Waals surface area contributed by atoms with E-state index in [1.807, 2.05) is 36.4 Å². The second-order valence-electron chi connectivity index (χ2n) is 5.98. The van der Waals surface area contributed by atoms with Gasteiger partial charge in [0.2, 0.25) is 0 Å². The zero-order valence-corrected chi connectivity index (χ0v) is 13.1. The van der Waals surface area contributed by atoms with E-state index in [0.29, 0.717) is 5.75 Å². The summed E-state index contributed by atoms with van der Waals surface area (Å²) in [7, 11) is 0. The molecule has 2 aromatic rings. The molecule has 1 aromatic heterocycles. The molecule has 2 N–H and O–H groups in total. The SMILES string of the molecule is CC(C)(C)c1ccc(OCC(=O)NN=Cc2ccc[nH]2)cc1. The molecule has 2 rings (SSSR count). The van der Waals surface area contributed by atoms with Crippen LogP contribution < -0.4 is 10.2 Å². The second-order valence-corrected chi connectivity index (χ2v) is 5.98. The highest BCUT2D eigenvalue weighted by molar-refractivity contribution is 5.81. The van der Waals surface area contributed by atoms with Crippen molar-refractivity contribution in [1.82, 2.24) is 10.4 Å². The third-order valence-corrected chi connectivity index (χ3v) is 3.11. The monoisotopic (exact) mass is 299 g/mol. The molecule has 1 heterocycles. The van der Waals surface area contributed by atoms with E-state index in [9.17, 15) is 4.79 Å². The van der Waals surface area contributed by atoms with Gasteiger partial charge in [-0.05, 0) is 35.2 Å².